The summed E-state index contributed by atoms with van der Waals surface area (Å²) in [7, 11) is 0. The Morgan fingerprint density at radius 1 is 0.950 bits per heavy atom. The highest BCUT2D eigenvalue weighted by Crippen LogP contribution is 2.33. The second-order valence-corrected chi connectivity index (χ2v) is 4.19. The molecule has 0 aromatic heterocycles. The maximum atomic E-state index is 13.6. The highest BCUT2D eigenvalue weighted by atomic mass is 19.4. The summed E-state index contributed by atoms with van der Waals surface area (Å²) in [5, 5.41) is 9.91. The van der Waals surface area contributed by atoms with E-state index in [1.165, 1.54) is 12.1 Å². The van der Waals surface area contributed by atoms with Gasteiger partial charge in [-0.1, -0.05) is 12.1 Å². The minimum absolute atomic E-state index is 0.0248. The molecular formula is C14H9F5O. The lowest BCUT2D eigenvalue weighted by Gasteiger charge is -2.15. The van der Waals surface area contributed by atoms with Crippen molar-refractivity contribution in [2.75, 3.05) is 0 Å². The smallest absolute Gasteiger partial charge is 0.384 e. The summed E-state index contributed by atoms with van der Waals surface area (Å²) in [5.74, 6) is -1.66. The maximum Gasteiger partial charge on any atom is 0.416 e. The minimum Gasteiger partial charge on any atom is -0.384 e. The molecule has 2 aromatic rings. The van der Waals surface area contributed by atoms with Crippen molar-refractivity contribution >= 4 is 0 Å². The molecule has 0 fully saturated rings. The molecule has 0 aliphatic heterocycles. The Balaban J connectivity index is 2.46. The summed E-state index contributed by atoms with van der Waals surface area (Å²) >= 11 is 0. The van der Waals surface area contributed by atoms with E-state index in [1.807, 2.05) is 0 Å². The van der Waals surface area contributed by atoms with Crippen molar-refractivity contribution < 1.29 is 27.1 Å². The zero-order valence-corrected chi connectivity index (χ0v) is 9.96. The zero-order valence-electron chi connectivity index (χ0n) is 9.96. The number of alkyl halides is 3. The molecule has 1 unspecified atom stereocenters. The SMILES string of the molecule is OC(c1cccc(F)c1)c1cc(C(F)(F)F)ccc1F. The average Bonchev–Trinajstić information content (AvgIpc) is 2.37. The molecule has 6 heteroatoms. The molecule has 106 valence electrons. The molecule has 0 bridgehead atoms. The number of halogens is 5. The molecule has 2 rings (SSSR count). The fourth-order valence-corrected chi connectivity index (χ4v) is 1.79. The van der Waals surface area contributed by atoms with Crippen LogP contribution in [0.3, 0.4) is 0 Å². The largest absolute Gasteiger partial charge is 0.416 e. The second kappa shape index (κ2) is 5.20. The van der Waals surface area contributed by atoms with Crippen LogP contribution in [0.4, 0.5) is 22.0 Å². The van der Waals surface area contributed by atoms with Gasteiger partial charge in [0, 0.05) is 5.56 Å². The fraction of sp³-hybridized carbons (Fsp3) is 0.143. The Hall–Kier alpha value is -1.95. The van der Waals surface area contributed by atoms with Gasteiger partial charge >= 0.3 is 6.18 Å². The van der Waals surface area contributed by atoms with E-state index in [1.54, 1.807) is 0 Å². The van der Waals surface area contributed by atoms with Crippen LogP contribution in [0.15, 0.2) is 42.5 Å². The van der Waals surface area contributed by atoms with E-state index in [9.17, 15) is 27.1 Å². The Labute approximate surface area is 111 Å². The van der Waals surface area contributed by atoms with Gasteiger partial charge < -0.3 is 5.11 Å². The van der Waals surface area contributed by atoms with E-state index in [0.29, 0.717) is 18.2 Å². The molecule has 1 nitrogen and oxygen atoms in total. The minimum atomic E-state index is -4.65. The van der Waals surface area contributed by atoms with Gasteiger partial charge in [0.25, 0.3) is 0 Å². The Morgan fingerprint density at radius 2 is 1.65 bits per heavy atom. The highest BCUT2D eigenvalue weighted by Gasteiger charge is 2.32. The van der Waals surface area contributed by atoms with Gasteiger partial charge in [-0.2, -0.15) is 13.2 Å². The van der Waals surface area contributed by atoms with Gasteiger partial charge in [0.15, 0.2) is 0 Å². The van der Waals surface area contributed by atoms with E-state index in [0.717, 1.165) is 12.1 Å². The third kappa shape index (κ3) is 2.96. The summed E-state index contributed by atoms with van der Waals surface area (Å²) in [5.41, 5.74) is -1.65. The molecule has 1 N–H and O–H groups in total. The zero-order chi connectivity index (χ0) is 14.9. The molecule has 0 saturated heterocycles. The van der Waals surface area contributed by atoms with Crippen molar-refractivity contribution in [2.45, 2.75) is 12.3 Å². The molecular weight excluding hydrogens is 279 g/mol. The lowest BCUT2D eigenvalue weighted by molar-refractivity contribution is -0.137. The van der Waals surface area contributed by atoms with Crippen molar-refractivity contribution in [3.63, 3.8) is 0 Å². The van der Waals surface area contributed by atoms with E-state index >= 15 is 0 Å². The molecule has 2 aromatic carbocycles. The third-order valence-electron chi connectivity index (χ3n) is 2.78. The van der Waals surface area contributed by atoms with Crippen LogP contribution >= 0.6 is 0 Å². The molecule has 0 radical (unpaired) electrons. The lowest BCUT2D eigenvalue weighted by atomic mass is 9.99. The van der Waals surface area contributed by atoms with Gasteiger partial charge in [0.2, 0.25) is 0 Å². The van der Waals surface area contributed by atoms with Crippen LogP contribution < -0.4 is 0 Å². The predicted molar refractivity (Wildman–Crippen MR) is 61.9 cm³/mol. The van der Waals surface area contributed by atoms with Crippen LogP contribution in [0.2, 0.25) is 0 Å². The lowest BCUT2D eigenvalue weighted by Crippen LogP contribution is -2.09. The topological polar surface area (TPSA) is 20.2 Å². The van der Waals surface area contributed by atoms with Gasteiger partial charge in [0.05, 0.1) is 5.56 Å². The van der Waals surface area contributed by atoms with Crippen molar-refractivity contribution in [3.05, 3.63) is 70.8 Å². The van der Waals surface area contributed by atoms with Crippen molar-refractivity contribution in [2.24, 2.45) is 0 Å². The summed E-state index contributed by atoms with van der Waals surface area (Å²) in [4.78, 5) is 0. The second-order valence-electron chi connectivity index (χ2n) is 4.19. The molecule has 0 heterocycles. The third-order valence-corrected chi connectivity index (χ3v) is 2.78. The number of hydrogen-bond donors (Lipinski definition) is 1. The summed E-state index contributed by atoms with van der Waals surface area (Å²) < 4.78 is 64.3. The number of hydrogen-bond acceptors (Lipinski definition) is 1. The van der Waals surface area contributed by atoms with E-state index in [4.69, 9.17) is 0 Å². The Kier molecular flexibility index (Phi) is 3.76. The summed E-state index contributed by atoms with van der Waals surface area (Å²) in [6.45, 7) is 0. The van der Waals surface area contributed by atoms with Crippen molar-refractivity contribution in [3.8, 4) is 0 Å². The van der Waals surface area contributed by atoms with E-state index < -0.39 is 35.0 Å². The standard InChI is InChI=1S/C14H9F5O/c15-10-3-1-2-8(6-10)13(20)11-7-9(14(17,18)19)4-5-12(11)16/h1-7,13,20H. The molecule has 0 saturated carbocycles. The van der Waals surface area contributed by atoms with Gasteiger partial charge in [-0.3, -0.25) is 0 Å². The van der Waals surface area contributed by atoms with Gasteiger partial charge in [-0.15, -0.1) is 0 Å². The van der Waals surface area contributed by atoms with Crippen LogP contribution in [0, 0.1) is 11.6 Å². The first-order chi connectivity index (χ1) is 9.29. The first-order valence-corrected chi connectivity index (χ1v) is 5.59. The van der Waals surface area contributed by atoms with Crippen LogP contribution in [0.25, 0.3) is 0 Å². The van der Waals surface area contributed by atoms with Crippen molar-refractivity contribution in [1.82, 2.24) is 0 Å². The number of benzene rings is 2. The first-order valence-electron chi connectivity index (χ1n) is 5.59. The molecule has 1 atom stereocenters. The predicted octanol–water partition coefficient (Wildman–Crippen LogP) is 4.07. The number of rotatable bonds is 2. The highest BCUT2D eigenvalue weighted by molar-refractivity contribution is 5.34. The molecule has 0 spiro atoms. The number of aliphatic hydroxyl groups excluding tert-OH is 1. The van der Waals surface area contributed by atoms with Gasteiger partial charge in [-0.25, -0.2) is 8.78 Å². The van der Waals surface area contributed by atoms with Gasteiger partial charge in [0.1, 0.15) is 17.7 Å². The van der Waals surface area contributed by atoms with Crippen LogP contribution in [-0.2, 0) is 6.18 Å². The van der Waals surface area contributed by atoms with E-state index in [2.05, 4.69) is 0 Å². The monoisotopic (exact) mass is 288 g/mol. The normalized spacial score (nSPS) is 13.3. The summed E-state index contributed by atoms with van der Waals surface area (Å²) in [6.07, 6.45) is -6.32. The summed E-state index contributed by atoms with van der Waals surface area (Å²) in [6, 6.07) is 6.35. The Morgan fingerprint density at radius 3 is 2.25 bits per heavy atom. The fourth-order valence-electron chi connectivity index (χ4n) is 1.79. The van der Waals surface area contributed by atoms with Gasteiger partial charge in [-0.05, 0) is 35.9 Å². The maximum absolute atomic E-state index is 13.6. The van der Waals surface area contributed by atoms with Crippen molar-refractivity contribution in [1.29, 1.82) is 0 Å². The number of aliphatic hydroxyl groups is 1. The van der Waals surface area contributed by atoms with Crippen LogP contribution in [-0.4, -0.2) is 5.11 Å². The molecule has 20 heavy (non-hydrogen) atoms. The average molecular weight is 288 g/mol. The molecule has 0 aliphatic carbocycles. The van der Waals surface area contributed by atoms with E-state index in [-0.39, 0.29) is 5.56 Å². The molecule has 0 amide bonds. The first kappa shape index (κ1) is 14.5. The van der Waals surface area contributed by atoms with Crippen LogP contribution in [0.1, 0.15) is 22.8 Å². The molecule has 0 aliphatic rings. The Bertz CT molecular complexity index is 621. The van der Waals surface area contributed by atoms with Crippen LogP contribution in [0.5, 0.6) is 0 Å². The quantitative estimate of drug-likeness (QED) is 0.826.